The van der Waals surface area contributed by atoms with Crippen molar-refractivity contribution in [1.82, 2.24) is 5.32 Å². The van der Waals surface area contributed by atoms with E-state index in [2.05, 4.69) is 5.32 Å². The molecule has 4 nitrogen and oxygen atoms in total. The Morgan fingerprint density at radius 2 is 2.23 bits per heavy atom. The summed E-state index contributed by atoms with van der Waals surface area (Å²) >= 11 is 0. The van der Waals surface area contributed by atoms with Gasteiger partial charge in [-0.05, 0) is 19.3 Å². The number of esters is 1. The number of aliphatic hydroxyl groups is 1. The van der Waals surface area contributed by atoms with Crippen LogP contribution in [-0.2, 0) is 9.53 Å². The van der Waals surface area contributed by atoms with Gasteiger partial charge in [-0.25, -0.2) is 0 Å². The molecule has 1 aliphatic heterocycles. The highest BCUT2D eigenvalue weighted by Gasteiger charge is 2.32. The minimum absolute atomic E-state index is 0.145. The highest BCUT2D eigenvalue weighted by molar-refractivity contribution is 5.76. The molecule has 0 unspecified atom stereocenters. The van der Waals surface area contributed by atoms with Crippen LogP contribution in [0.3, 0.4) is 0 Å². The Hall–Kier alpha value is -0.610. The minimum Gasteiger partial charge on any atom is -0.461 e. The van der Waals surface area contributed by atoms with Crippen molar-refractivity contribution in [2.45, 2.75) is 43.9 Å². The molecule has 2 aliphatic rings. The number of hydrogen-bond acceptors (Lipinski definition) is 4. The molecule has 0 aromatic carbocycles. The third kappa shape index (κ3) is 2.00. The second-order valence-corrected chi connectivity index (χ2v) is 3.84. The monoisotopic (exact) mass is 185 g/mol. The standard InChI is InChI=1S/C9H15NO3/c11-6-4-8(10-5-6)9(12)13-7-2-1-3-7/h6-8,10-11H,1-5H2/t6-,8+/m1/s1. The molecule has 2 rings (SSSR count). The predicted octanol–water partition coefficient (Wildman–Crippen LogP) is -0.195. The van der Waals surface area contributed by atoms with Gasteiger partial charge in [0.25, 0.3) is 0 Å². The van der Waals surface area contributed by atoms with E-state index in [1.54, 1.807) is 0 Å². The van der Waals surface area contributed by atoms with Gasteiger partial charge < -0.3 is 15.2 Å². The zero-order valence-corrected chi connectivity index (χ0v) is 7.53. The normalized spacial score (nSPS) is 34.2. The van der Waals surface area contributed by atoms with Crippen LogP contribution in [0.15, 0.2) is 0 Å². The lowest BCUT2D eigenvalue weighted by Crippen LogP contribution is -2.36. The first-order chi connectivity index (χ1) is 6.25. The van der Waals surface area contributed by atoms with Crippen LogP contribution in [0.5, 0.6) is 0 Å². The molecule has 2 fully saturated rings. The lowest BCUT2D eigenvalue weighted by Gasteiger charge is -2.26. The average molecular weight is 185 g/mol. The summed E-state index contributed by atoms with van der Waals surface area (Å²) in [6, 6.07) is -0.282. The molecular weight excluding hydrogens is 170 g/mol. The molecule has 1 saturated carbocycles. The van der Waals surface area contributed by atoms with Crippen LogP contribution in [0.2, 0.25) is 0 Å². The van der Waals surface area contributed by atoms with E-state index in [0.717, 1.165) is 12.8 Å². The van der Waals surface area contributed by atoms with E-state index in [0.29, 0.717) is 13.0 Å². The van der Waals surface area contributed by atoms with E-state index < -0.39 is 0 Å². The van der Waals surface area contributed by atoms with Crippen LogP contribution >= 0.6 is 0 Å². The summed E-state index contributed by atoms with van der Waals surface area (Å²) in [4.78, 5) is 11.4. The third-order valence-corrected chi connectivity index (χ3v) is 2.73. The van der Waals surface area contributed by atoms with Crippen LogP contribution in [0, 0.1) is 0 Å². The van der Waals surface area contributed by atoms with Crippen molar-refractivity contribution in [2.75, 3.05) is 6.54 Å². The summed E-state index contributed by atoms with van der Waals surface area (Å²) in [5, 5.41) is 12.1. The van der Waals surface area contributed by atoms with Gasteiger partial charge in [0.2, 0.25) is 0 Å². The molecule has 1 heterocycles. The Labute approximate surface area is 77.3 Å². The third-order valence-electron chi connectivity index (χ3n) is 2.73. The van der Waals surface area contributed by atoms with E-state index in [1.165, 1.54) is 6.42 Å². The van der Waals surface area contributed by atoms with Gasteiger partial charge in [-0.15, -0.1) is 0 Å². The first kappa shape index (κ1) is 8.97. The number of ether oxygens (including phenoxy) is 1. The maximum absolute atomic E-state index is 11.4. The highest BCUT2D eigenvalue weighted by Crippen LogP contribution is 2.23. The quantitative estimate of drug-likeness (QED) is 0.585. The molecule has 1 aliphatic carbocycles. The van der Waals surface area contributed by atoms with Crippen LogP contribution < -0.4 is 5.32 Å². The van der Waals surface area contributed by atoms with Crippen LogP contribution in [0.4, 0.5) is 0 Å². The number of β-amino-alcohol motifs (C(OH)–C–C–N with tert-alkyl or cyclic N) is 1. The number of hydrogen-bond donors (Lipinski definition) is 2. The maximum atomic E-state index is 11.4. The molecule has 4 heteroatoms. The van der Waals surface area contributed by atoms with Crippen molar-refractivity contribution in [3.63, 3.8) is 0 Å². The van der Waals surface area contributed by atoms with Gasteiger partial charge in [-0.1, -0.05) is 0 Å². The van der Waals surface area contributed by atoms with Crippen molar-refractivity contribution in [3.8, 4) is 0 Å². The van der Waals surface area contributed by atoms with Gasteiger partial charge in [-0.3, -0.25) is 4.79 Å². The topological polar surface area (TPSA) is 58.6 Å². The minimum atomic E-state index is -0.390. The van der Waals surface area contributed by atoms with Crippen LogP contribution in [0.25, 0.3) is 0 Å². The second kappa shape index (κ2) is 3.64. The van der Waals surface area contributed by atoms with Crippen LogP contribution in [0.1, 0.15) is 25.7 Å². The number of carbonyl (C=O) groups excluding carboxylic acids is 1. The fourth-order valence-electron chi connectivity index (χ4n) is 1.63. The average Bonchev–Trinajstić information content (AvgIpc) is 2.44. The molecule has 0 aromatic heterocycles. The Morgan fingerprint density at radius 3 is 2.69 bits per heavy atom. The van der Waals surface area contributed by atoms with E-state index in [-0.39, 0.29) is 24.2 Å². The van der Waals surface area contributed by atoms with E-state index in [9.17, 15) is 9.90 Å². The van der Waals surface area contributed by atoms with Gasteiger partial charge in [0, 0.05) is 13.0 Å². The summed E-state index contributed by atoms with van der Waals surface area (Å²) in [6.07, 6.45) is 3.41. The summed E-state index contributed by atoms with van der Waals surface area (Å²) in [5.74, 6) is -0.193. The maximum Gasteiger partial charge on any atom is 0.323 e. The molecule has 0 bridgehead atoms. The van der Waals surface area contributed by atoms with E-state index >= 15 is 0 Å². The largest absolute Gasteiger partial charge is 0.461 e. The van der Waals surface area contributed by atoms with Gasteiger partial charge in [0.05, 0.1) is 6.10 Å². The fourth-order valence-corrected chi connectivity index (χ4v) is 1.63. The fraction of sp³-hybridized carbons (Fsp3) is 0.889. The predicted molar refractivity (Wildman–Crippen MR) is 46.1 cm³/mol. The molecule has 0 spiro atoms. The SMILES string of the molecule is O=C(OC1CCC1)[C@@H]1C[C@@H](O)CN1. The molecule has 2 atom stereocenters. The van der Waals surface area contributed by atoms with Crippen molar-refractivity contribution in [3.05, 3.63) is 0 Å². The van der Waals surface area contributed by atoms with Crippen molar-refractivity contribution in [1.29, 1.82) is 0 Å². The van der Waals surface area contributed by atoms with E-state index in [4.69, 9.17) is 4.74 Å². The summed E-state index contributed by atoms with van der Waals surface area (Å²) in [6.45, 7) is 0.504. The van der Waals surface area contributed by atoms with Gasteiger partial charge in [0.1, 0.15) is 12.1 Å². The zero-order chi connectivity index (χ0) is 9.26. The summed E-state index contributed by atoms with van der Waals surface area (Å²) in [7, 11) is 0. The van der Waals surface area contributed by atoms with Crippen molar-refractivity contribution in [2.24, 2.45) is 0 Å². The molecule has 0 radical (unpaired) electrons. The number of nitrogens with one attached hydrogen (secondary N) is 1. The summed E-state index contributed by atoms with van der Waals surface area (Å²) < 4.78 is 5.21. The first-order valence-electron chi connectivity index (χ1n) is 4.87. The summed E-state index contributed by atoms with van der Waals surface area (Å²) in [5.41, 5.74) is 0. The highest BCUT2D eigenvalue weighted by atomic mass is 16.5. The van der Waals surface area contributed by atoms with Gasteiger partial charge in [0.15, 0.2) is 0 Å². The van der Waals surface area contributed by atoms with Crippen LogP contribution in [-0.4, -0.2) is 35.9 Å². The number of rotatable bonds is 2. The Bertz CT molecular complexity index is 203. The van der Waals surface area contributed by atoms with Gasteiger partial charge in [-0.2, -0.15) is 0 Å². The molecule has 13 heavy (non-hydrogen) atoms. The van der Waals surface area contributed by atoms with E-state index in [1.807, 2.05) is 0 Å². The second-order valence-electron chi connectivity index (χ2n) is 3.84. The molecule has 0 amide bonds. The lowest BCUT2D eigenvalue weighted by atomic mass is 9.96. The number of aliphatic hydroxyl groups excluding tert-OH is 1. The first-order valence-corrected chi connectivity index (χ1v) is 4.87. The molecule has 74 valence electrons. The van der Waals surface area contributed by atoms with Crippen molar-refractivity contribution < 1.29 is 14.6 Å². The molecule has 1 saturated heterocycles. The zero-order valence-electron chi connectivity index (χ0n) is 7.53. The molecule has 2 N–H and O–H groups in total. The number of carbonyl (C=O) groups is 1. The molecule has 0 aromatic rings. The Balaban J connectivity index is 1.76. The Kier molecular flexibility index (Phi) is 2.51. The molecular formula is C9H15NO3. The lowest BCUT2D eigenvalue weighted by molar-refractivity contribution is -0.155. The van der Waals surface area contributed by atoms with Crippen molar-refractivity contribution >= 4 is 5.97 Å². The van der Waals surface area contributed by atoms with Gasteiger partial charge >= 0.3 is 5.97 Å². The Morgan fingerprint density at radius 1 is 1.46 bits per heavy atom. The smallest absolute Gasteiger partial charge is 0.323 e.